The number of aliphatic hydroxyl groups excluding tert-OH is 1. The lowest BCUT2D eigenvalue weighted by atomic mass is 9.85. The topological polar surface area (TPSA) is 23.5 Å². The lowest BCUT2D eigenvalue weighted by Crippen LogP contribution is -2.37. The van der Waals surface area contributed by atoms with E-state index in [0.717, 1.165) is 24.1 Å². The number of hydrogen-bond donors (Lipinski definition) is 1. The van der Waals surface area contributed by atoms with Gasteiger partial charge in [0, 0.05) is 12.6 Å². The van der Waals surface area contributed by atoms with Gasteiger partial charge in [0.05, 0.1) is 6.10 Å². The third-order valence-electron chi connectivity index (χ3n) is 4.96. The Labute approximate surface area is 116 Å². The van der Waals surface area contributed by atoms with Crippen molar-refractivity contribution in [3.63, 3.8) is 0 Å². The summed E-state index contributed by atoms with van der Waals surface area (Å²) in [5.41, 5.74) is 2.30. The van der Waals surface area contributed by atoms with Crippen LogP contribution in [0, 0.1) is 12.8 Å². The van der Waals surface area contributed by atoms with Gasteiger partial charge in [-0.2, -0.15) is 0 Å². The average Bonchev–Trinajstić information content (AvgIpc) is 2.82. The molecule has 0 radical (unpaired) electrons. The number of hydrogen-bond acceptors (Lipinski definition) is 2. The van der Waals surface area contributed by atoms with Gasteiger partial charge in [0.25, 0.3) is 0 Å². The molecule has 1 aromatic rings. The van der Waals surface area contributed by atoms with Crippen molar-refractivity contribution in [2.75, 3.05) is 13.1 Å². The molecule has 19 heavy (non-hydrogen) atoms. The first-order valence-electron chi connectivity index (χ1n) is 7.73. The molecule has 2 heteroatoms. The van der Waals surface area contributed by atoms with Gasteiger partial charge >= 0.3 is 0 Å². The van der Waals surface area contributed by atoms with E-state index >= 15 is 0 Å². The summed E-state index contributed by atoms with van der Waals surface area (Å²) in [6, 6.07) is 9.03. The van der Waals surface area contributed by atoms with E-state index in [1.54, 1.807) is 0 Å². The Morgan fingerprint density at radius 3 is 2.95 bits per heavy atom. The lowest BCUT2D eigenvalue weighted by Gasteiger charge is -2.33. The predicted octanol–water partition coefficient (Wildman–Crippen LogP) is 3.29. The third kappa shape index (κ3) is 2.85. The fraction of sp³-hybridized carbons (Fsp3) is 0.647. The zero-order valence-electron chi connectivity index (χ0n) is 11.9. The number of β-amino-alcohol motifs (C(OH)–C–C–N with tert-alkyl or cyclic N) is 1. The number of aliphatic hydroxyl groups is 1. The standard InChI is InChI=1S/C17H25NO/c1-13-5-4-7-15(11-13)17(19)12-18-10-9-14-6-2-3-8-16(14)18/h4-5,7,11,14,16-17,19H,2-3,6,8-10,12H2,1H3. The first kappa shape index (κ1) is 13.1. The van der Waals surface area contributed by atoms with Gasteiger partial charge in [-0.05, 0) is 44.2 Å². The normalized spacial score (nSPS) is 29.2. The van der Waals surface area contributed by atoms with Gasteiger partial charge in [-0.25, -0.2) is 0 Å². The van der Waals surface area contributed by atoms with Crippen molar-refractivity contribution in [3.8, 4) is 0 Å². The molecule has 0 bridgehead atoms. The minimum Gasteiger partial charge on any atom is -0.387 e. The number of rotatable bonds is 3. The molecule has 2 fully saturated rings. The van der Waals surface area contributed by atoms with Crippen LogP contribution < -0.4 is 0 Å². The maximum atomic E-state index is 10.5. The van der Waals surface area contributed by atoms with Crippen molar-refractivity contribution in [2.24, 2.45) is 5.92 Å². The number of fused-ring (bicyclic) bond motifs is 1. The van der Waals surface area contributed by atoms with Crippen LogP contribution in [0.3, 0.4) is 0 Å². The zero-order valence-corrected chi connectivity index (χ0v) is 11.9. The van der Waals surface area contributed by atoms with Gasteiger partial charge in [0.2, 0.25) is 0 Å². The Balaban J connectivity index is 1.65. The monoisotopic (exact) mass is 259 g/mol. The van der Waals surface area contributed by atoms with Crippen LogP contribution in [0.4, 0.5) is 0 Å². The van der Waals surface area contributed by atoms with Crippen molar-refractivity contribution in [2.45, 2.75) is 51.2 Å². The van der Waals surface area contributed by atoms with Gasteiger partial charge in [-0.15, -0.1) is 0 Å². The van der Waals surface area contributed by atoms with Crippen LogP contribution in [-0.4, -0.2) is 29.1 Å². The van der Waals surface area contributed by atoms with E-state index in [2.05, 4.69) is 24.0 Å². The second-order valence-corrected chi connectivity index (χ2v) is 6.33. The molecule has 0 aromatic heterocycles. The van der Waals surface area contributed by atoms with E-state index in [1.807, 2.05) is 12.1 Å². The van der Waals surface area contributed by atoms with Crippen LogP contribution in [0.5, 0.6) is 0 Å². The summed E-state index contributed by atoms with van der Waals surface area (Å²) < 4.78 is 0. The van der Waals surface area contributed by atoms with Crippen LogP contribution in [0.25, 0.3) is 0 Å². The van der Waals surface area contributed by atoms with Crippen molar-refractivity contribution < 1.29 is 5.11 Å². The minimum atomic E-state index is -0.333. The molecule has 3 unspecified atom stereocenters. The first-order valence-corrected chi connectivity index (χ1v) is 7.73. The predicted molar refractivity (Wildman–Crippen MR) is 78.1 cm³/mol. The fourth-order valence-corrected chi connectivity index (χ4v) is 3.93. The maximum absolute atomic E-state index is 10.5. The molecular weight excluding hydrogens is 234 g/mol. The van der Waals surface area contributed by atoms with Crippen molar-refractivity contribution in [1.29, 1.82) is 0 Å². The van der Waals surface area contributed by atoms with E-state index in [9.17, 15) is 5.11 Å². The van der Waals surface area contributed by atoms with Gasteiger partial charge < -0.3 is 5.11 Å². The molecule has 1 aliphatic carbocycles. The second-order valence-electron chi connectivity index (χ2n) is 6.33. The smallest absolute Gasteiger partial charge is 0.0917 e. The highest BCUT2D eigenvalue weighted by Gasteiger charge is 2.36. The average molecular weight is 259 g/mol. The summed E-state index contributed by atoms with van der Waals surface area (Å²) in [6.45, 7) is 4.08. The van der Waals surface area contributed by atoms with Gasteiger partial charge in [0.15, 0.2) is 0 Å². The summed E-state index contributed by atoms with van der Waals surface area (Å²) >= 11 is 0. The summed E-state index contributed by atoms with van der Waals surface area (Å²) in [7, 11) is 0. The zero-order chi connectivity index (χ0) is 13.2. The molecule has 2 nitrogen and oxygen atoms in total. The summed E-state index contributed by atoms with van der Waals surface area (Å²) in [5.74, 6) is 0.901. The number of likely N-dealkylation sites (tertiary alicyclic amines) is 1. The van der Waals surface area contributed by atoms with E-state index < -0.39 is 0 Å². The number of benzene rings is 1. The quantitative estimate of drug-likeness (QED) is 0.900. The molecule has 3 rings (SSSR count). The summed E-state index contributed by atoms with van der Waals surface area (Å²) in [5, 5.41) is 10.5. The van der Waals surface area contributed by atoms with Crippen LogP contribution in [-0.2, 0) is 0 Å². The fourth-order valence-electron chi connectivity index (χ4n) is 3.93. The van der Waals surface area contributed by atoms with Gasteiger partial charge in [-0.3, -0.25) is 4.90 Å². The van der Waals surface area contributed by atoms with Crippen LogP contribution in [0.1, 0.15) is 49.3 Å². The summed E-state index contributed by atoms with van der Waals surface area (Å²) in [4.78, 5) is 2.54. The SMILES string of the molecule is Cc1cccc(C(O)CN2CCC3CCCCC32)c1. The van der Waals surface area contributed by atoms with E-state index in [-0.39, 0.29) is 6.10 Å². The molecule has 0 amide bonds. The lowest BCUT2D eigenvalue weighted by molar-refractivity contribution is 0.0893. The molecule has 1 aromatic carbocycles. The summed E-state index contributed by atoms with van der Waals surface area (Å²) in [6.07, 6.45) is 6.53. The van der Waals surface area contributed by atoms with Crippen molar-refractivity contribution in [3.05, 3.63) is 35.4 Å². The molecule has 3 atom stereocenters. The highest BCUT2D eigenvalue weighted by molar-refractivity contribution is 5.24. The highest BCUT2D eigenvalue weighted by atomic mass is 16.3. The molecule has 1 heterocycles. The molecule has 2 aliphatic rings. The molecule has 104 valence electrons. The first-order chi connectivity index (χ1) is 9.24. The Kier molecular flexibility index (Phi) is 3.90. The van der Waals surface area contributed by atoms with Crippen LogP contribution in [0.15, 0.2) is 24.3 Å². The Bertz CT molecular complexity index is 431. The minimum absolute atomic E-state index is 0.333. The Hall–Kier alpha value is -0.860. The third-order valence-corrected chi connectivity index (χ3v) is 4.96. The van der Waals surface area contributed by atoms with E-state index in [0.29, 0.717) is 0 Å². The van der Waals surface area contributed by atoms with E-state index in [1.165, 1.54) is 44.2 Å². The molecule has 1 aliphatic heterocycles. The van der Waals surface area contributed by atoms with Crippen LogP contribution >= 0.6 is 0 Å². The second kappa shape index (κ2) is 5.64. The number of aryl methyl sites for hydroxylation is 1. The molecule has 1 N–H and O–H groups in total. The van der Waals surface area contributed by atoms with Gasteiger partial charge in [-0.1, -0.05) is 42.7 Å². The van der Waals surface area contributed by atoms with Crippen LogP contribution in [0.2, 0.25) is 0 Å². The highest BCUT2D eigenvalue weighted by Crippen LogP contribution is 2.36. The number of nitrogens with zero attached hydrogens (tertiary/aromatic N) is 1. The maximum Gasteiger partial charge on any atom is 0.0917 e. The van der Waals surface area contributed by atoms with Crippen molar-refractivity contribution in [1.82, 2.24) is 4.90 Å². The molecule has 0 spiro atoms. The van der Waals surface area contributed by atoms with Crippen molar-refractivity contribution >= 4 is 0 Å². The van der Waals surface area contributed by atoms with E-state index in [4.69, 9.17) is 0 Å². The Morgan fingerprint density at radius 1 is 1.26 bits per heavy atom. The molecule has 1 saturated heterocycles. The molecule has 1 saturated carbocycles. The molecular formula is C17H25NO. The van der Waals surface area contributed by atoms with Gasteiger partial charge in [0.1, 0.15) is 0 Å². The Morgan fingerprint density at radius 2 is 2.11 bits per heavy atom. The largest absolute Gasteiger partial charge is 0.387 e.